The molecule has 0 radical (unpaired) electrons. The van der Waals surface area contributed by atoms with Crippen molar-refractivity contribution in [3.63, 3.8) is 0 Å². The Morgan fingerprint density at radius 3 is 2.48 bits per heavy atom. The van der Waals surface area contributed by atoms with E-state index in [2.05, 4.69) is 5.32 Å². The third-order valence-corrected chi connectivity index (χ3v) is 2.98. The molecule has 0 saturated carbocycles. The Bertz CT molecular complexity index is 687. The minimum absolute atomic E-state index is 0.0351. The van der Waals surface area contributed by atoms with Gasteiger partial charge >= 0.3 is 6.18 Å². The SMILES string of the molecule is N#Cc1ccc(NCc2ccccc2N)c(C(F)(F)F)c1. The lowest BCUT2D eigenvalue weighted by molar-refractivity contribution is -0.137. The number of hydrogen-bond donors (Lipinski definition) is 2. The molecule has 0 aliphatic heterocycles. The van der Waals surface area contributed by atoms with Crippen LogP contribution in [0.4, 0.5) is 24.5 Å². The first-order valence-corrected chi connectivity index (χ1v) is 6.10. The van der Waals surface area contributed by atoms with E-state index in [0.29, 0.717) is 11.3 Å². The Morgan fingerprint density at radius 1 is 1.14 bits per heavy atom. The van der Waals surface area contributed by atoms with Gasteiger partial charge in [-0.2, -0.15) is 18.4 Å². The molecule has 0 saturated heterocycles. The number of para-hydroxylation sites is 1. The highest BCUT2D eigenvalue weighted by Gasteiger charge is 2.33. The smallest absolute Gasteiger partial charge is 0.398 e. The summed E-state index contributed by atoms with van der Waals surface area (Å²) < 4.78 is 39.0. The van der Waals surface area contributed by atoms with Crippen LogP contribution in [0.2, 0.25) is 0 Å². The van der Waals surface area contributed by atoms with E-state index in [4.69, 9.17) is 11.0 Å². The van der Waals surface area contributed by atoms with Crippen molar-refractivity contribution in [1.82, 2.24) is 0 Å². The summed E-state index contributed by atoms with van der Waals surface area (Å²) >= 11 is 0. The molecule has 2 aromatic rings. The van der Waals surface area contributed by atoms with Gasteiger partial charge in [-0.25, -0.2) is 0 Å². The molecule has 3 nitrogen and oxygen atoms in total. The quantitative estimate of drug-likeness (QED) is 0.846. The second kappa shape index (κ2) is 5.75. The zero-order chi connectivity index (χ0) is 15.5. The molecule has 0 amide bonds. The van der Waals surface area contributed by atoms with Crippen LogP contribution in [0.1, 0.15) is 16.7 Å². The maximum absolute atomic E-state index is 13.0. The van der Waals surface area contributed by atoms with Gasteiger partial charge in [0.05, 0.1) is 17.2 Å². The third kappa shape index (κ3) is 3.45. The van der Waals surface area contributed by atoms with E-state index < -0.39 is 11.7 Å². The van der Waals surface area contributed by atoms with Crippen LogP contribution in [-0.2, 0) is 12.7 Å². The van der Waals surface area contributed by atoms with Gasteiger partial charge < -0.3 is 11.1 Å². The molecule has 0 atom stereocenters. The van der Waals surface area contributed by atoms with Gasteiger partial charge in [0, 0.05) is 17.9 Å². The van der Waals surface area contributed by atoms with Crippen LogP contribution in [0.25, 0.3) is 0 Å². The van der Waals surface area contributed by atoms with E-state index in [1.165, 1.54) is 12.1 Å². The van der Waals surface area contributed by atoms with E-state index in [-0.39, 0.29) is 17.8 Å². The molecule has 0 aliphatic rings. The van der Waals surface area contributed by atoms with Gasteiger partial charge in [0.25, 0.3) is 0 Å². The summed E-state index contributed by atoms with van der Waals surface area (Å²) in [6.07, 6.45) is -4.53. The molecule has 21 heavy (non-hydrogen) atoms. The van der Waals surface area contributed by atoms with E-state index >= 15 is 0 Å². The van der Waals surface area contributed by atoms with Crippen LogP contribution < -0.4 is 11.1 Å². The number of alkyl halides is 3. The molecular formula is C15H12F3N3. The Hall–Kier alpha value is -2.68. The summed E-state index contributed by atoms with van der Waals surface area (Å²) in [5, 5.41) is 11.4. The summed E-state index contributed by atoms with van der Waals surface area (Å²) in [6.45, 7) is 0.168. The fourth-order valence-electron chi connectivity index (χ4n) is 1.89. The molecule has 6 heteroatoms. The first-order chi connectivity index (χ1) is 9.91. The topological polar surface area (TPSA) is 61.8 Å². The lowest BCUT2D eigenvalue weighted by Gasteiger charge is -2.15. The van der Waals surface area contributed by atoms with Gasteiger partial charge in [-0.05, 0) is 29.8 Å². The van der Waals surface area contributed by atoms with Crippen molar-refractivity contribution in [3.05, 3.63) is 59.2 Å². The largest absolute Gasteiger partial charge is 0.418 e. The first kappa shape index (κ1) is 14.7. The summed E-state index contributed by atoms with van der Waals surface area (Å²) in [5.74, 6) is 0. The highest BCUT2D eigenvalue weighted by molar-refractivity contribution is 5.57. The average Bonchev–Trinajstić information content (AvgIpc) is 2.45. The molecule has 0 heterocycles. The lowest BCUT2D eigenvalue weighted by atomic mass is 10.1. The summed E-state index contributed by atoms with van der Waals surface area (Å²) in [5.41, 5.74) is 5.98. The summed E-state index contributed by atoms with van der Waals surface area (Å²) in [6, 6.07) is 12.1. The van der Waals surface area contributed by atoms with Gasteiger partial charge in [-0.15, -0.1) is 0 Å². The van der Waals surface area contributed by atoms with E-state index in [1.54, 1.807) is 30.3 Å². The molecule has 0 fully saturated rings. The van der Waals surface area contributed by atoms with Gasteiger partial charge in [0.15, 0.2) is 0 Å². The molecule has 0 aromatic heterocycles. The van der Waals surface area contributed by atoms with Crippen molar-refractivity contribution in [2.45, 2.75) is 12.7 Å². The van der Waals surface area contributed by atoms with E-state index in [1.807, 2.05) is 0 Å². The van der Waals surface area contributed by atoms with Crippen molar-refractivity contribution in [2.75, 3.05) is 11.1 Å². The number of rotatable bonds is 3. The minimum Gasteiger partial charge on any atom is -0.398 e. The molecule has 0 unspecified atom stereocenters. The fourth-order valence-corrected chi connectivity index (χ4v) is 1.89. The lowest BCUT2D eigenvalue weighted by Crippen LogP contribution is -2.11. The van der Waals surface area contributed by atoms with Gasteiger partial charge in [0.1, 0.15) is 0 Å². The van der Waals surface area contributed by atoms with Crippen molar-refractivity contribution < 1.29 is 13.2 Å². The Balaban J connectivity index is 2.28. The normalized spacial score (nSPS) is 11.0. The monoisotopic (exact) mass is 291 g/mol. The standard InChI is InChI=1S/C15H12F3N3/c16-15(17,18)12-7-10(8-19)5-6-14(12)21-9-11-3-1-2-4-13(11)20/h1-7,21H,9,20H2. The third-order valence-electron chi connectivity index (χ3n) is 2.98. The number of nitriles is 1. The van der Waals surface area contributed by atoms with Crippen molar-refractivity contribution in [2.24, 2.45) is 0 Å². The molecular weight excluding hydrogens is 279 g/mol. The average molecular weight is 291 g/mol. The highest BCUT2D eigenvalue weighted by atomic mass is 19.4. The second-order valence-electron chi connectivity index (χ2n) is 4.42. The maximum Gasteiger partial charge on any atom is 0.418 e. The number of nitrogen functional groups attached to an aromatic ring is 1. The summed E-state index contributed by atoms with van der Waals surface area (Å²) in [4.78, 5) is 0. The number of nitrogens with zero attached hydrogens (tertiary/aromatic N) is 1. The second-order valence-corrected chi connectivity index (χ2v) is 4.42. The number of hydrogen-bond acceptors (Lipinski definition) is 3. The van der Waals surface area contributed by atoms with Crippen molar-refractivity contribution in [1.29, 1.82) is 5.26 Å². The number of nitrogens with two attached hydrogens (primary N) is 1. The number of anilines is 2. The number of benzene rings is 2. The van der Waals surface area contributed by atoms with Gasteiger partial charge in [0.2, 0.25) is 0 Å². The van der Waals surface area contributed by atoms with Gasteiger partial charge in [-0.3, -0.25) is 0 Å². The minimum atomic E-state index is -4.53. The first-order valence-electron chi connectivity index (χ1n) is 6.10. The zero-order valence-electron chi connectivity index (χ0n) is 10.9. The van der Waals surface area contributed by atoms with E-state index in [9.17, 15) is 13.2 Å². The van der Waals surface area contributed by atoms with Crippen LogP contribution >= 0.6 is 0 Å². The number of nitrogens with one attached hydrogen (secondary N) is 1. The van der Waals surface area contributed by atoms with Gasteiger partial charge in [-0.1, -0.05) is 18.2 Å². The van der Waals surface area contributed by atoms with E-state index in [0.717, 1.165) is 6.07 Å². The Morgan fingerprint density at radius 2 is 1.86 bits per heavy atom. The molecule has 0 bridgehead atoms. The summed E-state index contributed by atoms with van der Waals surface area (Å²) in [7, 11) is 0. The Labute approximate surface area is 119 Å². The Kier molecular flexibility index (Phi) is 4.03. The van der Waals surface area contributed by atoms with Crippen LogP contribution in [-0.4, -0.2) is 0 Å². The van der Waals surface area contributed by atoms with Crippen molar-refractivity contribution >= 4 is 11.4 Å². The van der Waals surface area contributed by atoms with Crippen molar-refractivity contribution in [3.8, 4) is 6.07 Å². The van der Waals surface area contributed by atoms with Crippen LogP contribution in [0.3, 0.4) is 0 Å². The molecule has 0 aliphatic carbocycles. The number of halogens is 3. The predicted octanol–water partition coefficient (Wildman–Crippen LogP) is 3.77. The van der Waals surface area contributed by atoms with Crippen LogP contribution in [0.5, 0.6) is 0 Å². The molecule has 2 rings (SSSR count). The highest BCUT2D eigenvalue weighted by Crippen LogP contribution is 2.35. The molecule has 3 N–H and O–H groups in total. The van der Waals surface area contributed by atoms with Crippen LogP contribution in [0, 0.1) is 11.3 Å². The predicted molar refractivity (Wildman–Crippen MR) is 74.3 cm³/mol. The maximum atomic E-state index is 13.0. The molecule has 0 spiro atoms. The van der Waals surface area contributed by atoms with Crippen LogP contribution in [0.15, 0.2) is 42.5 Å². The molecule has 108 valence electrons. The molecule has 2 aromatic carbocycles. The zero-order valence-corrected chi connectivity index (χ0v) is 10.9. The fraction of sp³-hybridized carbons (Fsp3) is 0.133.